The van der Waals surface area contributed by atoms with Crippen LogP contribution in [-0.2, 0) is 4.79 Å². The van der Waals surface area contributed by atoms with E-state index in [2.05, 4.69) is 0 Å². The van der Waals surface area contributed by atoms with Gasteiger partial charge in [0.05, 0.1) is 17.3 Å². The second-order valence-corrected chi connectivity index (χ2v) is 7.82. The van der Waals surface area contributed by atoms with Crippen LogP contribution < -0.4 is 4.90 Å². The average Bonchev–Trinajstić information content (AvgIpc) is 3.48. The predicted molar refractivity (Wildman–Crippen MR) is 102 cm³/mol. The third-order valence-electron chi connectivity index (χ3n) is 5.72. The fraction of sp³-hybridized carbons (Fsp3) is 0.364. The van der Waals surface area contributed by atoms with Crippen LogP contribution in [0.3, 0.4) is 0 Å². The fourth-order valence-corrected chi connectivity index (χ4v) is 4.11. The van der Waals surface area contributed by atoms with Gasteiger partial charge in [0, 0.05) is 37.5 Å². The molecule has 4 nitrogen and oxygen atoms in total. The summed E-state index contributed by atoms with van der Waals surface area (Å²) >= 11 is 0. The Morgan fingerprint density at radius 1 is 1.17 bits per heavy atom. The van der Waals surface area contributed by atoms with Crippen molar-refractivity contribution in [3.63, 3.8) is 0 Å². The van der Waals surface area contributed by atoms with Crippen molar-refractivity contribution in [3.05, 3.63) is 65.5 Å². The molecule has 0 bridgehead atoms. The van der Waals surface area contributed by atoms with Gasteiger partial charge in [-0.05, 0) is 30.2 Å². The monoisotopic (exact) mass is 417 g/mol. The molecule has 30 heavy (non-hydrogen) atoms. The minimum atomic E-state index is -4.92. The quantitative estimate of drug-likeness (QED) is 0.689. The molecule has 2 fully saturated rings. The molecule has 0 spiro atoms. The molecule has 8 heteroatoms. The van der Waals surface area contributed by atoms with Crippen LogP contribution >= 0.6 is 0 Å². The highest BCUT2D eigenvalue weighted by atomic mass is 19.4. The number of nitriles is 1. The van der Waals surface area contributed by atoms with Crippen LogP contribution in [0.1, 0.15) is 23.5 Å². The maximum Gasteiger partial charge on any atom is 0.471 e. The molecule has 1 amide bonds. The normalized spacial score (nSPS) is 21.0. The average molecular weight is 417 g/mol. The van der Waals surface area contributed by atoms with E-state index in [1.165, 1.54) is 12.1 Å². The second kappa shape index (κ2) is 7.63. The molecule has 1 saturated heterocycles. The van der Waals surface area contributed by atoms with Crippen LogP contribution in [0.15, 0.2) is 48.5 Å². The van der Waals surface area contributed by atoms with E-state index in [1.807, 2.05) is 36.4 Å². The van der Waals surface area contributed by atoms with E-state index >= 15 is 0 Å². The fourth-order valence-electron chi connectivity index (χ4n) is 4.11. The summed E-state index contributed by atoms with van der Waals surface area (Å²) < 4.78 is 53.7. The number of anilines is 1. The van der Waals surface area contributed by atoms with Crippen molar-refractivity contribution in [2.24, 2.45) is 5.92 Å². The van der Waals surface area contributed by atoms with Gasteiger partial charge in [0.1, 0.15) is 5.82 Å². The van der Waals surface area contributed by atoms with E-state index in [-0.39, 0.29) is 23.9 Å². The molecule has 0 aromatic heterocycles. The molecule has 0 N–H and O–H groups in total. The van der Waals surface area contributed by atoms with Crippen molar-refractivity contribution in [2.75, 3.05) is 24.5 Å². The first kappa shape index (κ1) is 20.2. The number of hydrogen-bond donors (Lipinski definition) is 0. The van der Waals surface area contributed by atoms with Gasteiger partial charge in [-0.15, -0.1) is 0 Å². The van der Waals surface area contributed by atoms with Crippen molar-refractivity contribution < 1.29 is 22.4 Å². The molecule has 1 heterocycles. The minimum absolute atomic E-state index is 0.0132. The Kier molecular flexibility index (Phi) is 5.14. The van der Waals surface area contributed by atoms with Crippen molar-refractivity contribution in [2.45, 2.75) is 24.6 Å². The zero-order chi connectivity index (χ0) is 21.5. The van der Waals surface area contributed by atoms with Crippen LogP contribution in [0.5, 0.6) is 0 Å². The molecular weight excluding hydrogens is 398 g/mol. The van der Waals surface area contributed by atoms with Crippen molar-refractivity contribution in [3.8, 4) is 6.07 Å². The Morgan fingerprint density at radius 3 is 2.47 bits per heavy atom. The van der Waals surface area contributed by atoms with Gasteiger partial charge in [0.25, 0.3) is 0 Å². The number of carbonyl (C=O) groups excluding carboxylic acids is 1. The number of rotatable bonds is 5. The zero-order valence-corrected chi connectivity index (χ0v) is 15.9. The zero-order valence-electron chi connectivity index (χ0n) is 15.9. The lowest BCUT2D eigenvalue weighted by Crippen LogP contribution is -2.55. The minimum Gasteiger partial charge on any atom is -0.368 e. The number of carbonyl (C=O) groups is 1. The molecule has 1 aliphatic heterocycles. The lowest BCUT2D eigenvalue weighted by atomic mass is 9.97. The first-order valence-electron chi connectivity index (χ1n) is 9.65. The SMILES string of the molecule is N#Cc1ccc(N2CC(CN(C(=O)C(F)(F)F)[C@@H]3C[C@H]3c3ccccc3)C2)c(F)c1. The Labute approximate surface area is 171 Å². The van der Waals surface area contributed by atoms with Gasteiger partial charge in [-0.25, -0.2) is 4.39 Å². The van der Waals surface area contributed by atoms with Gasteiger partial charge in [-0.2, -0.15) is 18.4 Å². The van der Waals surface area contributed by atoms with Crippen LogP contribution in [0.25, 0.3) is 0 Å². The molecule has 2 aromatic rings. The van der Waals surface area contributed by atoms with E-state index in [4.69, 9.17) is 5.26 Å². The number of benzene rings is 2. The number of halogens is 4. The van der Waals surface area contributed by atoms with E-state index in [0.29, 0.717) is 25.2 Å². The van der Waals surface area contributed by atoms with Gasteiger partial charge in [0.2, 0.25) is 0 Å². The predicted octanol–water partition coefficient (Wildman–Crippen LogP) is 4.08. The van der Waals surface area contributed by atoms with E-state index in [9.17, 15) is 22.4 Å². The molecular formula is C22H19F4N3O. The van der Waals surface area contributed by atoms with Crippen LogP contribution in [0, 0.1) is 23.1 Å². The highest BCUT2D eigenvalue weighted by molar-refractivity contribution is 5.82. The van der Waals surface area contributed by atoms with Gasteiger partial charge in [-0.1, -0.05) is 30.3 Å². The van der Waals surface area contributed by atoms with Gasteiger partial charge in [0.15, 0.2) is 0 Å². The summed E-state index contributed by atoms with van der Waals surface area (Å²) in [6.07, 6.45) is -4.42. The maximum atomic E-state index is 14.2. The van der Waals surface area contributed by atoms with E-state index in [0.717, 1.165) is 16.5 Å². The van der Waals surface area contributed by atoms with E-state index < -0.39 is 23.9 Å². The van der Waals surface area contributed by atoms with Crippen molar-refractivity contribution in [1.29, 1.82) is 5.26 Å². The summed E-state index contributed by atoms with van der Waals surface area (Å²) in [4.78, 5) is 14.7. The molecule has 0 radical (unpaired) electrons. The summed E-state index contributed by atoms with van der Waals surface area (Å²) in [6.45, 7) is 0.696. The molecule has 2 aromatic carbocycles. The van der Waals surface area contributed by atoms with Crippen LogP contribution in [-0.4, -0.2) is 42.7 Å². The third-order valence-corrected chi connectivity index (χ3v) is 5.72. The Hall–Kier alpha value is -3.08. The molecule has 0 unspecified atom stereocenters. The largest absolute Gasteiger partial charge is 0.471 e. The number of alkyl halides is 3. The first-order valence-corrected chi connectivity index (χ1v) is 9.65. The van der Waals surface area contributed by atoms with Gasteiger partial charge >= 0.3 is 12.1 Å². The van der Waals surface area contributed by atoms with Crippen LogP contribution in [0.2, 0.25) is 0 Å². The van der Waals surface area contributed by atoms with Crippen molar-refractivity contribution >= 4 is 11.6 Å². The third kappa shape index (κ3) is 3.97. The molecule has 4 rings (SSSR count). The Bertz CT molecular complexity index is 980. The maximum absolute atomic E-state index is 14.2. The summed E-state index contributed by atoms with van der Waals surface area (Å²) in [7, 11) is 0. The number of hydrogen-bond acceptors (Lipinski definition) is 3. The highest BCUT2D eigenvalue weighted by Crippen LogP contribution is 2.46. The Balaban J connectivity index is 1.43. The lowest BCUT2D eigenvalue weighted by Gasteiger charge is -2.43. The second-order valence-electron chi connectivity index (χ2n) is 7.82. The van der Waals surface area contributed by atoms with Crippen molar-refractivity contribution in [1.82, 2.24) is 4.90 Å². The summed E-state index contributed by atoms with van der Waals surface area (Å²) in [5.41, 5.74) is 1.45. The van der Waals surface area contributed by atoms with Crippen LogP contribution in [0.4, 0.5) is 23.2 Å². The molecule has 1 saturated carbocycles. The Morgan fingerprint density at radius 2 is 1.87 bits per heavy atom. The molecule has 156 valence electrons. The first-order chi connectivity index (χ1) is 14.3. The molecule has 2 aliphatic rings. The molecule has 1 aliphatic carbocycles. The van der Waals surface area contributed by atoms with Gasteiger partial charge < -0.3 is 9.80 Å². The highest BCUT2D eigenvalue weighted by Gasteiger charge is 2.52. The lowest BCUT2D eigenvalue weighted by molar-refractivity contribution is -0.187. The smallest absolute Gasteiger partial charge is 0.368 e. The summed E-state index contributed by atoms with van der Waals surface area (Å²) in [5.74, 6) is -2.62. The number of nitrogens with zero attached hydrogens (tertiary/aromatic N) is 3. The topological polar surface area (TPSA) is 47.3 Å². The summed E-state index contributed by atoms with van der Waals surface area (Å²) in [6, 6.07) is 14.7. The standard InChI is InChI=1S/C22H19F4N3O/c23-18-8-14(10-27)6-7-19(18)28-11-15(12-28)13-29(21(30)22(24,25)26)20-9-17(20)16-4-2-1-3-5-16/h1-8,15,17,20H,9,11-13H2/t17-,20+/m0/s1. The molecule has 2 atom stereocenters. The number of amides is 1. The summed E-state index contributed by atoms with van der Waals surface area (Å²) in [5, 5.41) is 8.82. The van der Waals surface area contributed by atoms with E-state index in [1.54, 1.807) is 4.90 Å². The van der Waals surface area contributed by atoms with Gasteiger partial charge in [-0.3, -0.25) is 4.79 Å².